The molecule has 1 aliphatic carbocycles. The monoisotopic (exact) mass is 260 g/mol. The van der Waals surface area contributed by atoms with E-state index in [2.05, 4.69) is 24.4 Å². The van der Waals surface area contributed by atoms with E-state index in [1.165, 1.54) is 44.1 Å². The first-order valence-corrected chi connectivity index (χ1v) is 7.37. The lowest BCUT2D eigenvalue weighted by atomic mass is 9.75. The number of amides is 2. The van der Waals surface area contributed by atoms with Crippen molar-refractivity contribution in [3.8, 4) is 0 Å². The second-order valence-electron chi connectivity index (χ2n) is 5.52. The zero-order valence-corrected chi connectivity index (χ0v) is 11.7. The molecule has 1 aliphatic rings. The smallest absolute Gasteiger partial charge is 0.316 e. The van der Waals surface area contributed by atoms with Crippen molar-refractivity contribution in [1.82, 2.24) is 0 Å². The molecule has 0 spiro atoms. The zero-order valence-electron chi connectivity index (χ0n) is 11.7. The van der Waals surface area contributed by atoms with E-state index in [0.717, 1.165) is 11.6 Å². The maximum Gasteiger partial charge on any atom is 0.316 e. The van der Waals surface area contributed by atoms with Gasteiger partial charge in [0.2, 0.25) is 0 Å². The van der Waals surface area contributed by atoms with Gasteiger partial charge in [0.1, 0.15) is 0 Å². The Bertz CT molecular complexity index is 407. The van der Waals surface area contributed by atoms with Crippen molar-refractivity contribution >= 4 is 11.7 Å². The fourth-order valence-electron chi connectivity index (χ4n) is 3.33. The molecule has 19 heavy (non-hydrogen) atoms. The van der Waals surface area contributed by atoms with Gasteiger partial charge in [-0.3, -0.25) is 0 Å². The molecule has 1 atom stereocenters. The van der Waals surface area contributed by atoms with Gasteiger partial charge in [0.15, 0.2) is 0 Å². The molecule has 1 fully saturated rings. The van der Waals surface area contributed by atoms with Gasteiger partial charge in [-0.15, -0.1) is 0 Å². The van der Waals surface area contributed by atoms with Crippen LogP contribution in [0.15, 0.2) is 24.3 Å². The Hall–Kier alpha value is -1.51. The summed E-state index contributed by atoms with van der Waals surface area (Å²) in [4.78, 5) is 10.8. The number of hydrogen-bond donors (Lipinski definition) is 2. The van der Waals surface area contributed by atoms with Crippen molar-refractivity contribution in [2.45, 2.75) is 51.4 Å². The van der Waals surface area contributed by atoms with Gasteiger partial charge in [-0.05, 0) is 48.8 Å². The number of anilines is 1. The number of hydrogen-bond acceptors (Lipinski definition) is 1. The van der Waals surface area contributed by atoms with E-state index in [-0.39, 0.29) is 0 Å². The van der Waals surface area contributed by atoms with Gasteiger partial charge in [0.25, 0.3) is 0 Å². The van der Waals surface area contributed by atoms with Crippen LogP contribution in [0.5, 0.6) is 0 Å². The normalized spacial score (nSPS) is 17.9. The van der Waals surface area contributed by atoms with Crippen LogP contribution < -0.4 is 11.1 Å². The van der Waals surface area contributed by atoms with Crippen molar-refractivity contribution < 1.29 is 4.79 Å². The number of primary amides is 1. The third-order valence-electron chi connectivity index (χ3n) is 4.27. The summed E-state index contributed by atoms with van der Waals surface area (Å²) < 4.78 is 0. The van der Waals surface area contributed by atoms with Crippen molar-refractivity contribution in [3.05, 3.63) is 29.8 Å². The number of rotatable bonds is 4. The number of urea groups is 1. The third kappa shape index (κ3) is 3.72. The van der Waals surface area contributed by atoms with E-state index < -0.39 is 6.03 Å². The highest BCUT2D eigenvalue weighted by molar-refractivity contribution is 5.87. The summed E-state index contributed by atoms with van der Waals surface area (Å²) in [6.07, 6.45) is 8.06. The minimum atomic E-state index is -0.507. The molecular formula is C16H24N2O. The first-order valence-electron chi connectivity index (χ1n) is 7.37. The van der Waals surface area contributed by atoms with Crippen molar-refractivity contribution in [1.29, 1.82) is 0 Å². The fraction of sp³-hybridized carbons (Fsp3) is 0.562. The van der Waals surface area contributed by atoms with Gasteiger partial charge in [-0.1, -0.05) is 38.3 Å². The molecule has 1 aromatic rings. The van der Waals surface area contributed by atoms with E-state index in [9.17, 15) is 4.79 Å². The van der Waals surface area contributed by atoms with Crippen LogP contribution in [0.1, 0.15) is 56.9 Å². The molecule has 104 valence electrons. The summed E-state index contributed by atoms with van der Waals surface area (Å²) in [6.45, 7) is 2.27. The lowest BCUT2D eigenvalue weighted by molar-refractivity contribution is 0.259. The molecule has 0 bridgehead atoms. The Morgan fingerprint density at radius 1 is 1.26 bits per heavy atom. The van der Waals surface area contributed by atoms with E-state index >= 15 is 0 Å². The summed E-state index contributed by atoms with van der Waals surface area (Å²) in [5, 5.41) is 2.61. The average Bonchev–Trinajstić information content (AvgIpc) is 2.42. The maximum absolute atomic E-state index is 10.8. The molecule has 1 unspecified atom stereocenters. The predicted molar refractivity (Wildman–Crippen MR) is 79.3 cm³/mol. The van der Waals surface area contributed by atoms with E-state index in [1.54, 1.807) is 0 Å². The lowest BCUT2D eigenvalue weighted by Crippen LogP contribution is -2.19. The van der Waals surface area contributed by atoms with Crippen LogP contribution in [-0.2, 0) is 0 Å². The van der Waals surface area contributed by atoms with Crippen molar-refractivity contribution in [2.24, 2.45) is 11.7 Å². The van der Waals surface area contributed by atoms with E-state index in [0.29, 0.717) is 5.92 Å². The number of carbonyl (C=O) groups is 1. The number of nitrogens with two attached hydrogens (primary N) is 1. The predicted octanol–water partition coefficient (Wildman–Crippen LogP) is 4.25. The Morgan fingerprint density at radius 3 is 2.42 bits per heavy atom. The van der Waals surface area contributed by atoms with Crippen molar-refractivity contribution in [2.75, 3.05) is 5.32 Å². The number of benzene rings is 1. The minimum Gasteiger partial charge on any atom is -0.351 e. The van der Waals surface area contributed by atoms with E-state index in [1.807, 2.05) is 12.1 Å². The topological polar surface area (TPSA) is 55.1 Å². The highest BCUT2D eigenvalue weighted by Gasteiger charge is 2.23. The zero-order chi connectivity index (χ0) is 13.7. The highest BCUT2D eigenvalue weighted by atomic mass is 16.2. The number of nitrogens with one attached hydrogen (secondary N) is 1. The molecule has 3 nitrogen and oxygen atoms in total. The van der Waals surface area contributed by atoms with E-state index in [4.69, 9.17) is 5.73 Å². The van der Waals surface area contributed by atoms with Crippen LogP contribution in [0.4, 0.5) is 10.5 Å². The molecule has 3 N–H and O–H groups in total. The standard InChI is InChI=1S/C16H24N2O/c1-2-15(12-6-4-3-5-7-12)13-8-10-14(11-9-13)18-16(17)19/h8-12,15H,2-7H2,1H3,(H3,17,18,19). The summed E-state index contributed by atoms with van der Waals surface area (Å²) in [7, 11) is 0. The Morgan fingerprint density at radius 2 is 1.89 bits per heavy atom. The molecule has 3 heteroatoms. The van der Waals surface area contributed by atoms with Gasteiger partial charge in [0, 0.05) is 5.69 Å². The molecule has 0 aromatic heterocycles. The molecule has 0 radical (unpaired) electrons. The molecule has 0 heterocycles. The Balaban J connectivity index is 2.07. The molecular weight excluding hydrogens is 236 g/mol. The van der Waals surface area contributed by atoms with Gasteiger partial charge >= 0.3 is 6.03 Å². The van der Waals surface area contributed by atoms with Crippen molar-refractivity contribution in [3.63, 3.8) is 0 Å². The van der Waals surface area contributed by atoms with Gasteiger partial charge in [0.05, 0.1) is 0 Å². The van der Waals surface area contributed by atoms with Gasteiger partial charge < -0.3 is 11.1 Å². The second kappa shape index (κ2) is 6.60. The Kier molecular flexibility index (Phi) is 4.83. The number of carbonyl (C=O) groups excluding carboxylic acids is 1. The van der Waals surface area contributed by atoms with Gasteiger partial charge in [-0.2, -0.15) is 0 Å². The second-order valence-corrected chi connectivity index (χ2v) is 5.52. The Labute approximate surface area is 115 Å². The van der Waals surface area contributed by atoms with Gasteiger partial charge in [-0.25, -0.2) is 4.79 Å². The van der Waals surface area contributed by atoms with Crippen LogP contribution in [0.2, 0.25) is 0 Å². The van der Waals surface area contributed by atoms with Crippen LogP contribution in [-0.4, -0.2) is 6.03 Å². The molecule has 1 aromatic carbocycles. The summed E-state index contributed by atoms with van der Waals surface area (Å²) >= 11 is 0. The highest BCUT2D eigenvalue weighted by Crippen LogP contribution is 2.38. The first kappa shape index (κ1) is 13.9. The lowest BCUT2D eigenvalue weighted by Gasteiger charge is -2.30. The first-order chi connectivity index (χ1) is 9.20. The minimum absolute atomic E-state index is 0.507. The molecule has 0 saturated heterocycles. The quantitative estimate of drug-likeness (QED) is 0.835. The molecule has 2 amide bonds. The largest absolute Gasteiger partial charge is 0.351 e. The van der Waals surface area contributed by atoms with Crippen LogP contribution in [0.25, 0.3) is 0 Å². The van der Waals surface area contributed by atoms with Crippen LogP contribution >= 0.6 is 0 Å². The molecule has 2 rings (SSSR count). The summed E-state index contributed by atoms with van der Waals surface area (Å²) in [5.41, 5.74) is 7.28. The summed E-state index contributed by atoms with van der Waals surface area (Å²) in [5.74, 6) is 1.48. The SMILES string of the molecule is CCC(c1ccc(NC(N)=O)cc1)C1CCCCC1. The maximum atomic E-state index is 10.8. The molecule has 1 saturated carbocycles. The third-order valence-corrected chi connectivity index (χ3v) is 4.27. The molecule has 0 aliphatic heterocycles. The van der Waals surface area contributed by atoms with Crippen LogP contribution in [0.3, 0.4) is 0 Å². The fourth-order valence-corrected chi connectivity index (χ4v) is 3.33. The van der Waals surface area contributed by atoms with Crippen LogP contribution in [0, 0.1) is 5.92 Å². The summed E-state index contributed by atoms with van der Waals surface area (Å²) in [6, 6.07) is 7.66. The average molecular weight is 260 g/mol.